The van der Waals surface area contributed by atoms with E-state index in [0.29, 0.717) is 12.1 Å². The van der Waals surface area contributed by atoms with Gasteiger partial charge >= 0.3 is 6.03 Å². The van der Waals surface area contributed by atoms with Crippen LogP contribution in [0, 0.1) is 11.6 Å². The van der Waals surface area contributed by atoms with E-state index in [1.165, 1.54) is 9.91 Å². The van der Waals surface area contributed by atoms with Crippen LogP contribution in [-0.2, 0) is 0 Å². The number of amides is 2. The molecule has 1 atom stereocenters. The summed E-state index contributed by atoms with van der Waals surface area (Å²) in [5.74, 6) is -1.12. The van der Waals surface area contributed by atoms with Crippen LogP contribution in [0.25, 0.3) is 0 Å². The Bertz CT molecular complexity index is 792. The largest absolute Gasteiger partial charge is 0.340 e. The third-order valence-corrected chi connectivity index (χ3v) is 3.82. The maximum absolute atomic E-state index is 14.1. The zero-order chi connectivity index (χ0) is 17.3. The summed E-state index contributed by atoms with van der Waals surface area (Å²) in [4.78, 5) is 17.8. The topological polar surface area (TPSA) is 48.8 Å². The van der Waals surface area contributed by atoms with Gasteiger partial charge < -0.3 is 4.90 Å². The lowest BCUT2D eigenvalue weighted by atomic mass is 9.99. The average molecular weight is 330 g/mol. The van der Waals surface area contributed by atoms with Crippen LogP contribution in [0.2, 0.25) is 0 Å². The van der Waals surface area contributed by atoms with Gasteiger partial charge in [0.1, 0.15) is 11.6 Å². The van der Waals surface area contributed by atoms with Crippen molar-refractivity contribution in [3.8, 4) is 0 Å². The van der Waals surface area contributed by atoms with Crippen molar-refractivity contribution in [2.24, 2.45) is 5.10 Å². The van der Waals surface area contributed by atoms with E-state index in [1.807, 2.05) is 0 Å². The number of hydrazone groups is 1. The van der Waals surface area contributed by atoms with E-state index in [4.69, 9.17) is 0 Å². The van der Waals surface area contributed by atoms with Crippen molar-refractivity contribution in [2.45, 2.75) is 12.5 Å². The highest BCUT2D eigenvalue weighted by atomic mass is 19.1. The third-order valence-electron chi connectivity index (χ3n) is 3.82. The fraction of sp³-hybridized carbons (Fsp3) is 0.235. The maximum atomic E-state index is 14.1. The minimum absolute atomic E-state index is 0.0723. The molecule has 1 aliphatic heterocycles. The lowest BCUT2D eigenvalue weighted by Crippen LogP contribution is -2.36. The van der Waals surface area contributed by atoms with Gasteiger partial charge in [0.15, 0.2) is 0 Å². The van der Waals surface area contributed by atoms with E-state index in [-0.39, 0.29) is 17.6 Å². The van der Waals surface area contributed by atoms with E-state index in [9.17, 15) is 13.6 Å². The molecule has 3 rings (SSSR count). The molecule has 7 heteroatoms. The number of benzene rings is 1. The quantitative estimate of drug-likeness (QED) is 0.849. The Balaban J connectivity index is 2.02. The monoisotopic (exact) mass is 330 g/mol. The first kappa shape index (κ1) is 16.0. The zero-order valence-electron chi connectivity index (χ0n) is 13.3. The second-order valence-electron chi connectivity index (χ2n) is 5.69. The number of rotatable bonds is 2. The Hall–Kier alpha value is -2.83. The number of aromatic nitrogens is 1. The van der Waals surface area contributed by atoms with Gasteiger partial charge in [-0.05, 0) is 35.9 Å². The van der Waals surface area contributed by atoms with Gasteiger partial charge in [0.2, 0.25) is 0 Å². The van der Waals surface area contributed by atoms with Crippen molar-refractivity contribution in [1.82, 2.24) is 14.9 Å². The van der Waals surface area contributed by atoms with Gasteiger partial charge in [-0.2, -0.15) is 5.10 Å². The molecule has 0 bridgehead atoms. The number of hydrogen-bond donors (Lipinski definition) is 0. The number of pyridine rings is 1. The SMILES string of the molecule is CN(C)C(=O)N1N=C(c2cc(F)ccc2F)CC1c1ccncc1. The molecule has 24 heavy (non-hydrogen) atoms. The molecule has 124 valence electrons. The van der Waals surface area contributed by atoms with Gasteiger partial charge in [-0.15, -0.1) is 0 Å². The van der Waals surface area contributed by atoms with E-state index in [2.05, 4.69) is 10.1 Å². The molecule has 0 aliphatic carbocycles. The molecule has 1 unspecified atom stereocenters. The standard InChI is InChI=1S/C17H16F2N4O/c1-22(2)17(24)23-16(11-5-7-20-8-6-11)10-15(21-23)13-9-12(18)3-4-14(13)19/h3-9,16H,10H2,1-2H3. The molecular formula is C17H16F2N4O. The smallest absolute Gasteiger partial charge is 0.329 e. The second-order valence-corrected chi connectivity index (χ2v) is 5.69. The molecule has 1 aromatic heterocycles. The highest BCUT2D eigenvalue weighted by molar-refractivity contribution is 6.03. The second kappa shape index (κ2) is 6.35. The van der Waals surface area contributed by atoms with Gasteiger partial charge in [-0.25, -0.2) is 18.6 Å². The van der Waals surface area contributed by atoms with Crippen LogP contribution in [0.15, 0.2) is 47.8 Å². The molecule has 0 fully saturated rings. The molecule has 5 nitrogen and oxygen atoms in total. The summed E-state index contributed by atoms with van der Waals surface area (Å²) in [6.07, 6.45) is 3.53. The third kappa shape index (κ3) is 2.97. The fourth-order valence-corrected chi connectivity index (χ4v) is 2.62. The highest BCUT2D eigenvalue weighted by Crippen LogP contribution is 2.33. The Kier molecular flexibility index (Phi) is 4.24. The van der Waals surface area contributed by atoms with E-state index >= 15 is 0 Å². The maximum Gasteiger partial charge on any atom is 0.340 e. The molecule has 2 amide bonds. The predicted molar refractivity (Wildman–Crippen MR) is 85.4 cm³/mol. The summed E-state index contributed by atoms with van der Waals surface area (Å²) < 4.78 is 27.6. The molecule has 2 heterocycles. The van der Waals surface area contributed by atoms with Crippen LogP contribution in [0.4, 0.5) is 13.6 Å². The molecule has 0 radical (unpaired) electrons. The number of nitrogens with zero attached hydrogens (tertiary/aromatic N) is 4. The van der Waals surface area contributed by atoms with Gasteiger partial charge in [0, 0.05) is 38.5 Å². The van der Waals surface area contributed by atoms with Crippen LogP contribution < -0.4 is 0 Å². The molecule has 1 aromatic carbocycles. The Labute approximate surface area is 138 Å². The van der Waals surface area contributed by atoms with Crippen molar-refractivity contribution in [1.29, 1.82) is 0 Å². The lowest BCUT2D eigenvalue weighted by molar-refractivity contribution is 0.159. The normalized spacial score (nSPS) is 16.9. The number of hydrogen-bond acceptors (Lipinski definition) is 3. The minimum atomic E-state index is -0.567. The van der Waals surface area contributed by atoms with Crippen LogP contribution in [0.5, 0.6) is 0 Å². The van der Waals surface area contributed by atoms with E-state index < -0.39 is 11.6 Å². The summed E-state index contributed by atoms with van der Waals surface area (Å²) in [7, 11) is 3.23. The first-order valence-electron chi connectivity index (χ1n) is 7.40. The van der Waals surface area contributed by atoms with Crippen LogP contribution in [0.1, 0.15) is 23.6 Å². The lowest BCUT2D eigenvalue weighted by Gasteiger charge is -2.24. The van der Waals surface area contributed by atoms with Gasteiger partial charge in [-0.3, -0.25) is 4.98 Å². The van der Waals surface area contributed by atoms with Gasteiger partial charge in [0.05, 0.1) is 11.8 Å². The van der Waals surface area contributed by atoms with Crippen molar-refractivity contribution in [2.75, 3.05) is 14.1 Å². The molecule has 0 saturated carbocycles. The number of urea groups is 1. The molecule has 0 spiro atoms. The van der Waals surface area contributed by atoms with Crippen LogP contribution >= 0.6 is 0 Å². The summed E-state index contributed by atoms with van der Waals surface area (Å²) in [6.45, 7) is 0. The number of carbonyl (C=O) groups excluding carboxylic acids is 1. The van der Waals surface area contributed by atoms with Crippen molar-refractivity contribution < 1.29 is 13.6 Å². The minimum Gasteiger partial charge on any atom is -0.329 e. The average Bonchev–Trinajstić information content (AvgIpc) is 3.02. The molecule has 0 N–H and O–H groups in total. The molecule has 1 aliphatic rings. The van der Waals surface area contributed by atoms with Crippen molar-refractivity contribution in [3.63, 3.8) is 0 Å². The predicted octanol–water partition coefficient (Wildman–Crippen LogP) is 3.19. The summed E-state index contributed by atoms with van der Waals surface area (Å²) >= 11 is 0. The van der Waals surface area contributed by atoms with Gasteiger partial charge in [-0.1, -0.05) is 0 Å². The number of carbonyl (C=O) groups is 1. The summed E-state index contributed by atoms with van der Waals surface area (Å²) in [6, 6.07) is 6.05. The van der Waals surface area contributed by atoms with E-state index in [1.54, 1.807) is 38.6 Å². The summed E-state index contributed by atoms with van der Waals surface area (Å²) in [5, 5.41) is 5.57. The highest BCUT2D eigenvalue weighted by Gasteiger charge is 2.34. The van der Waals surface area contributed by atoms with Crippen LogP contribution in [-0.4, -0.2) is 40.7 Å². The molecule has 0 saturated heterocycles. The first-order valence-corrected chi connectivity index (χ1v) is 7.40. The fourth-order valence-electron chi connectivity index (χ4n) is 2.62. The summed E-state index contributed by atoms with van der Waals surface area (Å²) in [5.41, 5.74) is 1.24. The molecular weight excluding hydrogens is 314 g/mol. The van der Waals surface area contributed by atoms with E-state index in [0.717, 1.165) is 23.8 Å². The Morgan fingerprint density at radius 3 is 2.58 bits per heavy atom. The number of halogens is 2. The Morgan fingerprint density at radius 2 is 1.92 bits per heavy atom. The van der Waals surface area contributed by atoms with Gasteiger partial charge in [0.25, 0.3) is 0 Å². The first-order chi connectivity index (χ1) is 11.5. The van der Waals surface area contributed by atoms with Crippen LogP contribution in [0.3, 0.4) is 0 Å². The Morgan fingerprint density at radius 1 is 1.21 bits per heavy atom. The zero-order valence-corrected chi connectivity index (χ0v) is 13.3. The molecule has 2 aromatic rings. The van der Waals surface area contributed by atoms with Crippen molar-refractivity contribution in [3.05, 3.63) is 65.5 Å². The van der Waals surface area contributed by atoms with Crippen molar-refractivity contribution >= 4 is 11.7 Å².